The number of carboxylic acid groups (broad SMARTS) is 2. The van der Waals surface area contributed by atoms with Crippen molar-refractivity contribution in [2.45, 2.75) is 44.4 Å². The van der Waals surface area contributed by atoms with Gasteiger partial charge in [-0.05, 0) is 35.4 Å². The number of piperidine rings is 1. The van der Waals surface area contributed by atoms with Crippen molar-refractivity contribution in [2.75, 3.05) is 46.9 Å². The van der Waals surface area contributed by atoms with Crippen LogP contribution in [0.25, 0.3) is 0 Å². The van der Waals surface area contributed by atoms with E-state index in [1.165, 1.54) is 5.56 Å². The smallest absolute Gasteiger partial charge is 0.475 e. The molecular formula is C22H31F6N3O6S. The molecule has 3 rings (SSSR count). The van der Waals surface area contributed by atoms with Crippen LogP contribution in [0, 0.1) is 5.92 Å². The fourth-order valence-electron chi connectivity index (χ4n) is 3.90. The largest absolute Gasteiger partial charge is 0.490 e. The number of carbonyl (C=O) groups is 3. The Hall–Kier alpha value is -2.43. The molecule has 218 valence electrons. The molecule has 0 bridgehead atoms. The highest BCUT2D eigenvalue weighted by Crippen LogP contribution is 2.33. The van der Waals surface area contributed by atoms with Gasteiger partial charge in [0.2, 0.25) is 5.91 Å². The summed E-state index contributed by atoms with van der Waals surface area (Å²) < 4.78 is 69.5. The Labute approximate surface area is 219 Å². The number of carboxylic acids is 2. The lowest BCUT2D eigenvalue weighted by atomic mass is 9.88. The molecule has 2 aliphatic heterocycles. The number of aliphatic carboxylic acids is 2. The summed E-state index contributed by atoms with van der Waals surface area (Å²) in [5.74, 6) is -4.95. The van der Waals surface area contributed by atoms with Crippen molar-refractivity contribution in [3.63, 3.8) is 0 Å². The molecule has 0 saturated carbocycles. The maximum absolute atomic E-state index is 11.9. The summed E-state index contributed by atoms with van der Waals surface area (Å²) in [6.07, 6.45) is -8.95. The average molecular weight is 580 g/mol. The molecule has 1 aromatic heterocycles. The Morgan fingerprint density at radius 3 is 2.05 bits per heavy atom. The second-order valence-corrected chi connectivity index (χ2v) is 9.50. The fourth-order valence-corrected chi connectivity index (χ4v) is 4.56. The van der Waals surface area contributed by atoms with Gasteiger partial charge in [-0.2, -0.15) is 37.7 Å². The van der Waals surface area contributed by atoms with Gasteiger partial charge >= 0.3 is 24.3 Å². The van der Waals surface area contributed by atoms with Crippen LogP contribution in [-0.4, -0.2) is 114 Å². The molecule has 3 heterocycles. The first-order chi connectivity index (χ1) is 17.5. The van der Waals surface area contributed by atoms with E-state index in [9.17, 15) is 31.1 Å². The summed E-state index contributed by atoms with van der Waals surface area (Å²) in [5.41, 5.74) is 1.41. The Morgan fingerprint density at radius 2 is 1.63 bits per heavy atom. The third-order valence-corrected chi connectivity index (χ3v) is 6.61. The predicted molar refractivity (Wildman–Crippen MR) is 125 cm³/mol. The Balaban J connectivity index is 0.000000426. The zero-order valence-electron chi connectivity index (χ0n) is 21.0. The van der Waals surface area contributed by atoms with Crippen LogP contribution >= 0.6 is 11.3 Å². The van der Waals surface area contributed by atoms with Crippen molar-refractivity contribution in [1.82, 2.24) is 14.7 Å². The van der Waals surface area contributed by atoms with E-state index < -0.39 is 24.3 Å². The molecule has 2 N–H and O–H groups in total. The van der Waals surface area contributed by atoms with Crippen LogP contribution in [-0.2, 0) is 25.7 Å². The van der Waals surface area contributed by atoms with Crippen LogP contribution < -0.4 is 0 Å². The number of hydrogen-bond donors (Lipinski definition) is 2. The summed E-state index contributed by atoms with van der Waals surface area (Å²) in [7, 11) is 3.57. The summed E-state index contributed by atoms with van der Waals surface area (Å²) in [6, 6.07) is 2.77. The van der Waals surface area contributed by atoms with Crippen LogP contribution in [0.15, 0.2) is 16.8 Å². The first-order valence-corrected chi connectivity index (χ1v) is 12.3. The Bertz CT molecular complexity index is 873. The minimum atomic E-state index is -5.08. The number of fused-ring (bicyclic) bond motifs is 1. The highest BCUT2D eigenvalue weighted by atomic mass is 32.1. The quantitative estimate of drug-likeness (QED) is 0.495. The van der Waals surface area contributed by atoms with Gasteiger partial charge in [0.1, 0.15) is 6.61 Å². The number of alkyl halides is 6. The topological polar surface area (TPSA) is 111 Å². The number of halogens is 6. The van der Waals surface area contributed by atoms with E-state index in [1.54, 1.807) is 30.3 Å². The van der Waals surface area contributed by atoms with Gasteiger partial charge in [0.15, 0.2) is 0 Å². The monoisotopic (exact) mass is 579 g/mol. The summed E-state index contributed by atoms with van der Waals surface area (Å²) in [4.78, 5) is 36.4. The molecule has 0 spiro atoms. The number of carbonyl (C=O) groups excluding carboxylic acids is 1. The third kappa shape index (κ3) is 11.1. The van der Waals surface area contributed by atoms with Crippen LogP contribution in [0.3, 0.4) is 0 Å². The van der Waals surface area contributed by atoms with E-state index >= 15 is 0 Å². The zero-order chi connectivity index (χ0) is 29.3. The molecule has 0 unspecified atom stereocenters. The molecule has 2 aliphatic rings. The van der Waals surface area contributed by atoms with Gasteiger partial charge in [-0.3, -0.25) is 9.69 Å². The number of ether oxygens (including phenoxy) is 1. The van der Waals surface area contributed by atoms with Crippen LogP contribution in [0.5, 0.6) is 0 Å². The summed E-state index contributed by atoms with van der Waals surface area (Å²) in [5, 5.41) is 18.7. The molecule has 2 fully saturated rings. The highest BCUT2D eigenvalue weighted by molar-refractivity contribution is 7.07. The van der Waals surface area contributed by atoms with E-state index in [0.29, 0.717) is 12.0 Å². The number of nitrogens with zero attached hydrogens (tertiary/aromatic N) is 3. The van der Waals surface area contributed by atoms with Gasteiger partial charge in [0.25, 0.3) is 0 Å². The van der Waals surface area contributed by atoms with E-state index in [4.69, 9.17) is 24.5 Å². The number of thiophene rings is 1. The standard InChI is InChI=1S/C18H29N3O2S.2C2HF3O2/c1-4-20-10-15-16(11-20)21(9-14-6-8-24-13-14)7-5-17(15)23-12-18(22)19(2)3;2*3-2(4,5)1(6)7/h6,8,13,15-17H,4-5,7,9-12H2,1-3H3;2*(H,6,7)/t15-,16+,17+;;/m0../s1. The first kappa shape index (κ1) is 33.6. The average Bonchev–Trinajstić information content (AvgIpc) is 3.47. The molecule has 1 aromatic rings. The van der Waals surface area contributed by atoms with Gasteiger partial charge in [0.05, 0.1) is 6.10 Å². The zero-order valence-corrected chi connectivity index (χ0v) is 21.8. The van der Waals surface area contributed by atoms with E-state index in [1.807, 2.05) is 0 Å². The maximum Gasteiger partial charge on any atom is 0.490 e. The molecule has 38 heavy (non-hydrogen) atoms. The Morgan fingerprint density at radius 1 is 1.08 bits per heavy atom. The minimum absolute atomic E-state index is 0.0533. The normalized spacial score (nSPS) is 21.9. The fraction of sp³-hybridized carbons (Fsp3) is 0.682. The molecule has 0 aromatic carbocycles. The summed E-state index contributed by atoms with van der Waals surface area (Å²) >= 11 is 1.77. The van der Waals surface area contributed by atoms with Gasteiger partial charge in [-0.15, -0.1) is 0 Å². The van der Waals surface area contributed by atoms with E-state index in [-0.39, 0.29) is 18.6 Å². The SMILES string of the molecule is CCN1C[C@H]2[C@@H](C1)N(Cc1ccsc1)CC[C@H]2OCC(=O)N(C)C.O=C(O)C(F)(F)F.O=C(O)C(F)(F)F. The number of rotatable bonds is 6. The third-order valence-electron chi connectivity index (χ3n) is 5.87. The van der Waals surface area contributed by atoms with Gasteiger partial charge < -0.3 is 24.7 Å². The number of likely N-dealkylation sites (N-methyl/N-ethyl adjacent to an activating group) is 2. The molecule has 2 saturated heterocycles. The molecule has 16 heteroatoms. The van der Waals surface area contributed by atoms with Gasteiger partial charge in [-0.25, -0.2) is 9.59 Å². The van der Waals surface area contributed by atoms with Gasteiger partial charge in [0, 0.05) is 52.2 Å². The first-order valence-electron chi connectivity index (χ1n) is 11.4. The van der Waals surface area contributed by atoms with Gasteiger partial charge in [-0.1, -0.05) is 6.92 Å². The molecule has 9 nitrogen and oxygen atoms in total. The Kier molecular flexibility index (Phi) is 13.0. The molecule has 1 amide bonds. The minimum Gasteiger partial charge on any atom is -0.475 e. The van der Waals surface area contributed by atoms with Crippen molar-refractivity contribution < 1.29 is 55.7 Å². The van der Waals surface area contributed by atoms with Crippen LogP contribution in [0.4, 0.5) is 26.3 Å². The molecule has 0 radical (unpaired) electrons. The van der Waals surface area contributed by atoms with Crippen molar-refractivity contribution in [1.29, 1.82) is 0 Å². The lowest BCUT2D eigenvalue weighted by molar-refractivity contribution is -0.193. The number of likely N-dealkylation sites (tertiary alicyclic amines) is 2. The van der Waals surface area contributed by atoms with Crippen molar-refractivity contribution in [3.8, 4) is 0 Å². The molecular weight excluding hydrogens is 548 g/mol. The highest BCUT2D eigenvalue weighted by Gasteiger charge is 2.44. The van der Waals surface area contributed by atoms with Crippen molar-refractivity contribution in [3.05, 3.63) is 22.4 Å². The van der Waals surface area contributed by atoms with Crippen LogP contribution in [0.1, 0.15) is 18.9 Å². The van der Waals surface area contributed by atoms with Crippen molar-refractivity contribution >= 4 is 29.2 Å². The second-order valence-electron chi connectivity index (χ2n) is 8.72. The van der Waals surface area contributed by atoms with Crippen LogP contribution in [0.2, 0.25) is 0 Å². The van der Waals surface area contributed by atoms with Crippen molar-refractivity contribution in [2.24, 2.45) is 5.92 Å². The summed E-state index contributed by atoms with van der Waals surface area (Å²) in [6.45, 7) is 7.81. The molecule has 3 atom stereocenters. The predicted octanol–water partition coefficient (Wildman–Crippen LogP) is 3.01. The van der Waals surface area contributed by atoms with E-state index in [2.05, 4.69) is 33.6 Å². The maximum atomic E-state index is 11.9. The molecule has 0 aliphatic carbocycles. The number of amides is 1. The lowest BCUT2D eigenvalue weighted by Gasteiger charge is -2.41. The van der Waals surface area contributed by atoms with E-state index in [0.717, 1.165) is 39.1 Å². The number of hydrogen-bond acceptors (Lipinski definition) is 7. The lowest BCUT2D eigenvalue weighted by Crippen LogP contribution is -2.51. The second kappa shape index (κ2) is 14.6.